The van der Waals surface area contributed by atoms with Gasteiger partial charge in [-0.3, -0.25) is 0 Å². The fraction of sp³-hybridized carbons (Fsp3) is 0.270. The smallest absolute Gasteiger partial charge is 0.287 e. The lowest BCUT2D eigenvalue weighted by atomic mass is 9.92. The van der Waals surface area contributed by atoms with Crippen molar-refractivity contribution < 1.29 is 4.57 Å². The van der Waals surface area contributed by atoms with Crippen LogP contribution in [-0.2, 0) is 17.9 Å². The molecule has 4 heterocycles. The highest BCUT2D eigenvalue weighted by Gasteiger charge is 2.30. The molecule has 0 saturated carbocycles. The van der Waals surface area contributed by atoms with Crippen LogP contribution in [0.25, 0.3) is 71.3 Å². The van der Waals surface area contributed by atoms with Gasteiger partial charge in [0.1, 0.15) is 17.2 Å². The van der Waals surface area contributed by atoms with Crippen LogP contribution in [-0.4, -0.2) is 24.3 Å². The zero-order chi connectivity index (χ0) is 30.0. The molecule has 0 bridgehead atoms. The first-order chi connectivity index (χ1) is 20.4. The van der Waals surface area contributed by atoms with Crippen LogP contribution in [0.5, 0.6) is 0 Å². The van der Waals surface area contributed by atoms with Gasteiger partial charge in [0.25, 0.3) is 6.33 Å². The van der Waals surface area contributed by atoms with E-state index in [1.807, 2.05) is 6.33 Å². The predicted molar refractivity (Wildman–Crippen MR) is 176 cm³/mol. The van der Waals surface area contributed by atoms with E-state index in [4.69, 9.17) is 19.9 Å². The van der Waals surface area contributed by atoms with Crippen LogP contribution < -0.4 is 4.57 Å². The summed E-state index contributed by atoms with van der Waals surface area (Å²) in [5.74, 6) is 2.30. The third-order valence-electron chi connectivity index (χ3n) is 8.86. The maximum absolute atomic E-state index is 5.15. The summed E-state index contributed by atoms with van der Waals surface area (Å²) in [6, 6.07) is 22.0. The number of aromatic nitrogens is 6. The predicted octanol–water partition coefficient (Wildman–Crippen LogP) is 8.12. The highest BCUT2D eigenvalue weighted by Crippen LogP contribution is 2.45. The Morgan fingerprint density at radius 3 is 2.05 bits per heavy atom. The molecule has 6 heteroatoms. The van der Waals surface area contributed by atoms with Crippen molar-refractivity contribution in [1.82, 2.24) is 24.3 Å². The van der Waals surface area contributed by atoms with E-state index in [0.29, 0.717) is 5.82 Å². The lowest BCUT2D eigenvalue weighted by Gasteiger charge is -2.23. The summed E-state index contributed by atoms with van der Waals surface area (Å²) in [5.41, 5.74) is 7.45. The van der Waals surface area contributed by atoms with Crippen LogP contribution in [0.3, 0.4) is 0 Å². The molecule has 0 aliphatic carbocycles. The zero-order valence-electron chi connectivity index (χ0n) is 26.0. The number of para-hydroxylation sites is 1. The molecule has 0 aliphatic heterocycles. The number of hydrogen-bond acceptors (Lipinski definition) is 4. The number of fused-ring (bicyclic) bond motifs is 7. The fourth-order valence-corrected chi connectivity index (χ4v) is 6.75. The molecular weight excluding hydrogens is 528 g/mol. The van der Waals surface area contributed by atoms with Crippen molar-refractivity contribution in [3.63, 3.8) is 0 Å². The van der Waals surface area contributed by atoms with Crippen molar-refractivity contribution in [3.8, 4) is 11.4 Å². The molecule has 8 aromatic rings. The topological polar surface area (TPSA) is 59.9 Å². The van der Waals surface area contributed by atoms with Crippen molar-refractivity contribution in [2.75, 3.05) is 0 Å². The first-order valence-electron chi connectivity index (χ1n) is 15.0. The Morgan fingerprint density at radius 2 is 1.35 bits per heavy atom. The average Bonchev–Trinajstić information content (AvgIpc) is 3.32. The highest BCUT2D eigenvalue weighted by atomic mass is 15.1. The second kappa shape index (κ2) is 8.44. The van der Waals surface area contributed by atoms with Crippen LogP contribution >= 0.6 is 0 Å². The Hall–Kier alpha value is -4.71. The quantitative estimate of drug-likeness (QED) is 0.115. The molecule has 0 fully saturated rings. The van der Waals surface area contributed by atoms with Gasteiger partial charge in [0.2, 0.25) is 0 Å². The molecule has 4 aromatic heterocycles. The Labute approximate surface area is 250 Å². The van der Waals surface area contributed by atoms with Crippen LogP contribution in [0, 0.1) is 6.92 Å². The highest BCUT2D eigenvalue weighted by molar-refractivity contribution is 6.30. The van der Waals surface area contributed by atoms with E-state index in [0.717, 1.165) is 39.0 Å². The first-order valence-corrected chi connectivity index (χ1v) is 15.0. The summed E-state index contributed by atoms with van der Waals surface area (Å²) in [6.45, 7) is 15.2. The first kappa shape index (κ1) is 26.0. The van der Waals surface area contributed by atoms with Gasteiger partial charge in [0, 0.05) is 38.6 Å². The summed E-state index contributed by atoms with van der Waals surface area (Å²) in [4.78, 5) is 20.3. The summed E-state index contributed by atoms with van der Waals surface area (Å²) >= 11 is 0. The van der Waals surface area contributed by atoms with Gasteiger partial charge in [-0.05, 0) is 40.4 Å². The third kappa shape index (κ3) is 3.56. The molecule has 0 spiro atoms. The second-order valence-electron chi connectivity index (χ2n) is 14.0. The molecule has 0 amide bonds. The average molecular weight is 564 g/mol. The normalized spacial score (nSPS) is 13.1. The number of benzene rings is 4. The van der Waals surface area contributed by atoms with Crippen LogP contribution in [0.4, 0.5) is 0 Å². The Morgan fingerprint density at radius 1 is 0.698 bits per heavy atom. The minimum Gasteiger partial charge on any atom is -0.307 e. The van der Waals surface area contributed by atoms with Gasteiger partial charge in [-0.1, -0.05) is 84.0 Å². The lowest BCUT2D eigenvalue weighted by Crippen LogP contribution is -2.30. The van der Waals surface area contributed by atoms with Gasteiger partial charge in [-0.25, -0.2) is 19.5 Å². The van der Waals surface area contributed by atoms with E-state index < -0.39 is 0 Å². The summed E-state index contributed by atoms with van der Waals surface area (Å²) in [5, 5.41) is 7.25. The van der Waals surface area contributed by atoms with E-state index in [1.165, 1.54) is 43.7 Å². The van der Waals surface area contributed by atoms with Gasteiger partial charge in [0.05, 0.1) is 29.0 Å². The molecule has 0 saturated heterocycles. The Balaban J connectivity index is 1.66. The SMILES string of the molecule is Cc1c2ccccc2cc2c1c1c3c(cc(-c4nc(C(C)(C)C)nc(C(C)(C)C)n4)c4c5ccccc5n2c43)nc[n+]1C. The number of pyridine rings is 1. The molecule has 0 unspecified atom stereocenters. The van der Waals surface area contributed by atoms with Crippen molar-refractivity contribution in [2.45, 2.75) is 59.3 Å². The molecule has 212 valence electrons. The molecule has 6 nitrogen and oxygen atoms in total. The largest absolute Gasteiger partial charge is 0.307 e. The van der Waals surface area contributed by atoms with E-state index in [1.54, 1.807) is 0 Å². The monoisotopic (exact) mass is 563 g/mol. The van der Waals surface area contributed by atoms with Gasteiger partial charge < -0.3 is 4.40 Å². The fourth-order valence-electron chi connectivity index (χ4n) is 6.75. The summed E-state index contributed by atoms with van der Waals surface area (Å²) < 4.78 is 4.64. The summed E-state index contributed by atoms with van der Waals surface area (Å²) in [6.07, 6.45) is 1.94. The van der Waals surface area contributed by atoms with Crippen LogP contribution in [0.15, 0.2) is 67.0 Å². The van der Waals surface area contributed by atoms with Crippen molar-refractivity contribution in [1.29, 1.82) is 0 Å². The molecule has 0 atom stereocenters. The maximum Gasteiger partial charge on any atom is 0.287 e. The zero-order valence-corrected chi connectivity index (χ0v) is 26.0. The van der Waals surface area contributed by atoms with Gasteiger partial charge in [-0.15, -0.1) is 0 Å². The molecule has 4 aromatic carbocycles. The lowest BCUT2D eigenvalue weighted by molar-refractivity contribution is -0.646. The van der Waals surface area contributed by atoms with Gasteiger partial charge >= 0.3 is 0 Å². The minimum absolute atomic E-state index is 0.232. The standard InChI is InChI=1S/C37H35N6/c1-20-22-14-10-9-13-21(22)17-27-28(20)31-30-25(38-19-42(31)8)18-24(29-23-15-11-12-16-26(23)43(27)32(29)30)33-39-34(36(2,3)4)41-35(40-33)37(5,6)7/h9-19H,1-8H3/q+1. The van der Waals surface area contributed by atoms with E-state index in [-0.39, 0.29) is 10.8 Å². The van der Waals surface area contributed by atoms with Crippen molar-refractivity contribution in [3.05, 3.63) is 84.2 Å². The second-order valence-corrected chi connectivity index (χ2v) is 14.0. The van der Waals surface area contributed by atoms with E-state index in [9.17, 15) is 0 Å². The molecule has 0 aliphatic rings. The Bertz CT molecular complexity index is 2400. The van der Waals surface area contributed by atoms with E-state index in [2.05, 4.69) is 125 Å². The number of hydrogen-bond donors (Lipinski definition) is 0. The molecule has 43 heavy (non-hydrogen) atoms. The van der Waals surface area contributed by atoms with Crippen LogP contribution in [0.1, 0.15) is 58.8 Å². The third-order valence-corrected chi connectivity index (χ3v) is 8.86. The number of rotatable bonds is 1. The van der Waals surface area contributed by atoms with Crippen molar-refractivity contribution in [2.24, 2.45) is 7.05 Å². The Kier molecular flexibility index (Phi) is 5.09. The van der Waals surface area contributed by atoms with E-state index >= 15 is 0 Å². The minimum atomic E-state index is -0.232. The molecule has 0 radical (unpaired) electrons. The molecular formula is C37H35N6+. The van der Waals surface area contributed by atoms with Crippen LogP contribution in [0.2, 0.25) is 0 Å². The van der Waals surface area contributed by atoms with Gasteiger partial charge in [-0.2, -0.15) is 0 Å². The van der Waals surface area contributed by atoms with Gasteiger partial charge in [0.15, 0.2) is 11.3 Å². The number of nitrogens with zero attached hydrogens (tertiary/aromatic N) is 6. The molecule has 0 N–H and O–H groups in total. The molecule has 8 rings (SSSR count). The van der Waals surface area contributed by atoms with Crippen molar-refractivity contribution >= 4 is 59.9 Å². The number of aryl methyl sites for hydroxylation is 2. The maximum atomic E-state index is 5.15. The summed E-state index contributed by atoms with van der Waals surface area (Å²) in [7, 11) is 2.11.